The summed E-state index contributed by atoms with van der Waals surface area (Å²) in [5, 5.41) is 0.680. The van der Waals surface area contributed by atoms with Gasteiger partial charge in [0.15, 0.2) is 17.1 Å². The van der Waals surface area contributed by atoms with Crippen LogP contribution in [0, 0.1) is 6.92 Å². The lowest BCUT2D eigenvalue weighted by atomic mass is 10.0. The van der Waals surface area contributed by atoms with Gasteiger partial charge in [0.1, 0.15) is 11.3 Å². The number of hydrogen-bond donors (Lipinski definition) is 0. The van der Waals surface area contributed by atoms with Crippen LogP contribution in [0.2, 0.25) is 5.02 Å². The highest BCUT2D eigenvalue weighted by Gasteiger charge is 2.24. The van der Waals surface area contributed by atoms with Crippen molar-refractivity contribution in [3.8, 4) is 11.3 Å². The zero-order valence-corrected chi connectivity index (χ0v) is 18.2. The molecule has 0 radical (unpaired) electrons. The lowest BCUT2D eigenvalue weighted by molar-refractivity contribution is 0.0319. The zero-order valence-electron chi connectivity index (χ0n) is 17.4. The Bertz CT molecular complexity index is 1390. The summed E-state index contributed by atoms with van der Waals surface area (Å²) in [5.74, 6) is -0.765. The predicted octanol–water partition coefficient (Wildman–Crippen LogP) is 5.85. The molecule has 32 heavy (non-hydrogen) atoms. The molecule has 6 heteroatoms. The summed E-state index contributed by atoms with van der Waals surface area (Å²) in [6.45, 7) is 3.17. The minimum absolute atomic E-state index is 0.0718. The van der Waals surface area contributed by atoms with E-state index >= 15 is 0 Å². The van der Waals surface area contributed by atoms with Crippen LogP contribution in [0.25, 0.3) is 22.3 Å². The first kappa shape index (κ1) is 21.5. The van der Waals surface area contributed by atoms with Gasteiger partial charge in [-0.25, -0.2) is 4.79 Å². The van der Waals surface area contributed by atoms with Crippen LogP contribution in [0.4, 0.5) is 0 Å². The van der Waals surface area contributed by atoms with Crippen LogP contribution in [0.3, 0.4) is 0 Å². The highest BCUT2D eigenvalue weighted by Crippen LogP contribution is 2.28. The molecule has 0 saturated carbocycles. The highest BCUT2D eigenvalue weighted by atomic mass is 35.5. The lowest BCUT2D eigenvalue weighted by Crippen LogP contribution is -2.24. The molecule has 0 fully saturated rings. The van der Waals surface area contributed by atoms with Crippen molar-refractivity contribution in [3.05, 3.63) is 105 Å². The average Bonchev–Trinajstić information content (AvgIpc) is 2.81. The molecule has 0 aliphatic rings. The van der Waals surface area contributed by atoms with Crippen LogP contribution in [-0.2, 0) is 4.74 Å². The molecular formula is C26H19ClO5. The molecule has 0 saturated heterocycles. The molecule has 4 aromatic rings. The van der Waals surface area contributed by atoms with Gasteiger partial charge in [0.05, 0.1) is 5.39 Å². The Labute approximate surface area is 189 Å². The van der Waals surface area contributed by atoms with Crippen molar-refractivity contribution in [2.75, 3.05) is 0 Å². The van der Waals surface area contributed by atoms with Gasteiger partial charge in [-0.3, -0.25) is 9.59 Å². The van der Waals surface area contributed by atoms with Gasteiger partial charge in [-0.05, 0) is 38.1 Å². The Morgan fingerprint density at radius 2 is 1.69 bits per heavy atom. The normalized spacial score (nSPS) is 11.8. The van der Waals surface area contributed by atoms with Crippen molar-refractivity contribution in [3.63, 3.8) is 0 Å². The second kappa shape index (κ2) is 8.81. The van der Waals surface area contributed by atoms with E-state index in [9.17, 15) is 14.4 Å². The Morgan fingerprint density at radius 1 is 0.969 bits per heavy atom. The van der Waals surface area contributed by atoms with Crippen molar-refractivity contribution in [1.82, 2.24) is 0 Å². The number of benzene rings is 3. The number of ether oxygens (including phenoxy) is 1. The van der Waals surface area contributed by atoms with Crippen molar-refractivity contribution < 1.29 is 18.7 Å². The second-order valence-electron chi connectivity index (χ2n) is 7.36. The third kappa shape index (κ3) is 4.07. The summed E-state index contributed by atoms with van der Waals surface area (Å²) >= 11 is 5.95. The number of para-hydroxylation sites is 1. The fourth-order valence-corrected chi connectivity index (χ4v) is 3.68. The molecule has 1 heterocycles. The first-order valence-electron chi connectivity index (χ1n) is 9.99. The van der Waals surface area contributed by atoms with Gasteiger partial charge in [0.2, 0.25) is 5.78 Å². The molecule has 0 unspecified atom stereocenters. The number of hydrogen-bond acceptors (Lipinski definition) is 5. The topological polar surface area (TPSA) is 73.6 Å². The number of ketones is 1. The average molecular weight is 447 g/mol. The molecule has 4 rings (SSSR count). The molecule has 0 aliphatic heterocycles. The molecule has 0 amide bonds. The van der Waals surface area contributed by atoms with Gasteiger partial charge in [-0.1, -0.05) is 60.1 Å². The number of carbonyl (C=O) groups is 2. The fraction of sp³-hybridized carbons (Fsp3) is 0.115. The minimum atomic E-state index is -1.05. The number of halogens is 1. The quantitative estimate of drug-likeness (QED) is 0.284. The largest absolute Gasteiger partial charge is 0.455 e. The Balaban J connectivity index is 1.72. The molecule has 0 aliphatic carbocycles. The maximum absolute atomic E-state index is 13.0. The van der Waals surface area contributed by atoms with E-state index in [0.29, 0.717) is 21.9 Å². The molecule has 160 valence electrons. The van der Waals surface area contributed by atoms with Crippen molar-refractivity contribution in [2.45, 2.75) is 20.0 Å². The number of carbonyl (C=O) groups excluding carboxylic acids is 2. The SMILES string of the molecule is Cc1c(-c2ccccc2)oc2c(C(=O)O[C@@H](C)C(=O)c3cccc(Cl)c3)cccc2c1=O. The molecule has 5 nitrogen and oxygen atoms in total. The van der Waals surface area contributed by atoms with Crippen molar-refractivity contribution in [2.24, 2.45) is 0 Å². The number of fused-ring (bicyclic) bond motifs is 1. The highest BCUT2D eigenvalue weighted by molar-refractivity contribution is 6.31. The standard InChI is InChI=1S/C26H19ClO5/c1-15-22(28)20-12-7-13-21(25(20)32-24(15)17-8-4-3-5-9-17)26(30)31-16(2)23(29)18-10-6-11-19(27)14-18/h3-14,16H,1-2H3/t16-/m0/s1. The van der Waals surface area contributed by atoms with E-state index in [0.717, 1.165) is 5.56 Å². The molecular weight excluding hydrogens is 428 g/mol. The summed E-state index contributed by atoms with van der Waals surface area (Å²) in [5.41, 5.74) is 1.46. The summed E-state index contributed by atoms with van der Waals surface area (Å²) in [6, 6.07) is 20.3. The van der Waals surface area contributed by atoms with E-state index in [1.807, 2.05) is 30.3 Å². The summed E-state index contributed by atoms with van der Waals surface area (Å²) in [6.07, 6.45) is -1.05. The maximum Gasteiger partial charge on any atom is 0.342 e. The van der Waals surface area contributed by atoms with Gasteiger partial charge >= 0.3 is 5.97 Å². The Morgan fingerprint density at radius 3 is 2.41 bits per heavy atom. The first-order valence-corrected chi connectivity index (χ1v) is 10.4. The third-order valence-corrected chi connectivity index (χ3v) is 5.40. The molecule has 1 aromatic heterocycles. The van der Waals surface area contributed by atoms with E-state index in [1.165, 1.54) is 19.1 Å². The smallest absolute Gasteiger partial charge is 0.342 e. The van der Waals surface area contributed by atoms with Crippen LogP contribution in [-0.4, -0.2) is 17.9 Å². The molecule has 1 atom stereocenters. The predicted molar refractivity (Wildman–Crippen MR) is 123 cm³/mol. The third-order valence-electron chi connectivity index (χ3n) is 5.16. The van der Waals surface area contributed by atoms with Crippen LogP contribution in [0.1, 0.15) is 33.2 Å². The summed E-state index contributed by atoms with van der Waals surface area (Å²) < 4.78 is 11.5. The van der Waals surface area contributed by atoms with Crippen LogP contribution in [0.5, 0.6) is 0 Å². The minimum Gasteiger partial charge on any atom is -0.455 e. The van der Waals surface area contributed by atoms with E-state index in [2.05, 4.69) is 0 Å². The second-order valence-corrected chi connectivity index (χ2v) is 7.79. The summed E-state index contributed by atoms with van der Waals surface area (Å²) in [7, 11) is 0. The molecule has 0 bridgehead atoms. The van der Waals surface area contributed by atoms with Crippen molar-refractivity contribution >= 4 is 34.3 Å². The van der Waals surface area contributed by atoms with Gasteiger partial charge in [-0.2, -0.15) is 0 Å². The molecule has 0 N–H and O–H groups in total. The van der Waals surface area contributed by atoms with Gasteiger partial charge < -0.3 is 9.15 Å². The van der Waals surface area contributed by atoms with Gasteiger partial charge in [0, 0.05) is 21.7 Å². The van der Waals surface area contributed by atoms with Gasteiger partial charge in [0.25, 0.3) is 0 Å². The maximum atomic E-state index is 13.0. The molecule has 0 spiro atoms. The lowest BCUT2D eigenvalue weighted by Gasteiger charge is -2.14. The van der Waals surface area contributed by atoms with E-state index < -0.39 is 12.1 Å². The van der Waals surface area contributed by atoms with Gasteiger partial charge in [-0.15, -0.1) is 0 Å². The van der Waals surface area contributed by atoms with Crippen LogP contribution in [0.15, 0.2) is 82.0 Å². The number of rotatable bonds is 5. The zero-order chi connectivity index (χ0) is 22.8. The van der Waals surface area contributed by atoms with Crippen LogP contribution < -0.4 is 5.43 Å². The van der Waals surface area contributed by atoms with Crippen LogP contribution >= 0.6 is 11.6 Å². The Kier molecular flexibility index (Phi) is 5.93. The fourth-order valence-electron chi connectivity index (χ4n) is 3.49. The first-order chi connectivity index (χ1) is 15.4. The van der Waals surface area contributed by atoms with E-state index in [-0.39, 0.29) is 27.7 Å². The monoisotopic (exact) mass is 446 g/mol. The molecule has 3 aromatic carbocycles. The Hall–Kier alpha value is -3.70. The number of esters is 1. The summed E-state index contributed by atoms with van der Waals surface area (Å²) in [4.78, 5) is 38.6. The van der Waals surface area contributed by atoms with E-state index in [4.69, 9.17) is 20.8 Å². The van der Waals surface area contributed by atoms with Crippen molar-refractivity contribution in [1.29, 1.82) is 0 Å². The number of Topliss-reactive ketones (excluding diaryl/α,β-unsaturated/α-hetero) is 1. The van der Waals surface area contributed by atoms with E-state index in [1.54, 1.807) is 37.3 Å².